The van der Waals surface area contributed by atoms with Gasteiger partial charge in [0.05, 0.1) is 6.61 Å². The van der Waals surface area contributed by atoms with Crippen molar-refractivity contribution in [2.45, 2.75) is 24.2 Å². The molecule has 0 aliphatic carbocycles. The lowest BCUT2D eigenvalue weighted by Gasteiger charge is -2.28. The van der Waals surface area contributed by atoms with Crippen molar-refractivity contribution in [1.29, 1.82) is 0 Å². The molecule has 0 saturated carbocycles. The summed E-state index contributed by atoms with van der Waals surface area (Å²) in [6, 6.07) is 0. The number of carbonyl (C=O) groups excluding carboxylic acids is 1. The Kier molecular flexibility index (Phi) is 4.37. The number of hydrogen-bond donors (Lipinski definition) is 5. The van der Waals surface area contributed by atoms with Gasteiger partial charge >= 0.3 is 0 Å². The first kappa shape index (κ1) is 12.4. The van der Waals surface area contributed by atoms with Gasteiger partial charge in [-0.15, -0.1) is 0 Å². The third-order valence-electron chi connectivity index (χ3n) is 1.51. The van der Waals surface area contributed by atoms with Crippen molar-refractivity contribution >= 4 is 6.29 Å². The average molecular weight is 198 g/mol. The lowest BCUT2D eigenvalue weighted by molar-refractivity contribution is -0.242. The van der Waals surface area contributed by atoms with Crippen LogP contribution in [0.5, 0.6) is 0 Å². The van der Waals surface area contributed by atoms with Crippen molar-refractivity contribution in [3.63, 3.8) is 0 Å². The van der Waals surface area contributed by atoms with E-state index in [9.17, 15) is 9.18 Å². The fourth-order valence-corrected chi connectivity index (χ4v) is 0.640. The van der Waals surface area contributed by atoms with Gasteiger partial charge < -0.3 is 30.3 Å². The minimum absolute atomic E-state index is 0.340. The van der Waals surface area contributed by atoms with E-state index in [1.165, 1.54) is 0 Å². The lowest BCUT2D eigenvalue weighted by Crippen LogP contribution is -2.55. The first-order valence-corrected chi connectivity index (χ1v) is 3.39. The fourth-order valence-electron chi connectivity index (χ4n) is 0.640. The van der Waals surface area contributed by atoms with Crippen LogP contribution in [0.4, 0.5) is 4.39 Å². The van der Waals surface area contributed by atoms with E-state index in [4.69, 9.17) is 25.5 Å². The van der Waals surface area contributed by atoms with Crippen LogP contribution in [0.1, 0.15) is 0 Å². The van der Waals surface area contributed by atoms with E-state index in [-0.39, 0.29) is 6.29 Å². The highest BCUT2D eigenvalue weighted by atomic mass is 19.2. The average Bonchev–Trinajstić information content (AvgIpc) is 2.13. The molecule has 0 aromatic carbocycles. The van der Waals surface area contributed by atoms with Crippen molar-refractivity contribution in [3.05, 3.63) is 0 Å². The molecule has 0 unspecified atom stereocenters. The van der Waals surface area contributed by atoms with Gasteiger partial charge in [-0.25, -0.2) is 4.39 Å². The van der Waals surface area contributed by atoms with Crippen LogP contribution >= 0.6 is 0 Å². The zero-order valence-corrected chi connectivity index (χ0v) is 6.54. The molecule has 0 rings (SSSR count). The maximum atomic E-state index is 12.9. The normalized spacial score (nSPS) is 22.9. The molecular weight excluding hydrogens is 187 g/mol. The highest BCUT2D eigenvalue weighted by Crippen LogP contribution is 2.19. The summed E-state index contributed by atoms with van der Waals surface area (Å²) in [6.45, 7) is -1.01. The molecule has 0 fully saturated rings. The Hall–Kier alpha value is -0.600. The Labute approximate surface area is 72.9 Å². The minimum Gasteiger partial charge on any atom is -0.394 e. The Morgan fingerprint density at radius 2 is 1.85 bits per heavy atom. The molecule has 6 nitrogen and oxygen atoms in total. The predicted octanol–water partition coefficient (Wildman–Crippen LogP) is -3.08. The SMILES string of the molecule is O=C[C@H](O)[C@](O)(F)[C@@H](O)[C@H](O)CO. The highest BCUT2D eigenvalue weighted by Gasteiger charge is 2.46. The maximum absolute atomic E-state index is 12.9. The van der Waals surface area contributed by atoms with E-state index in [2.05, 4.69) is 0 Å². The Morgan fingerprint density at radius 3 is 2.15 bits per heavy atom. The van der Waals surface area contributed by atoms with Crippen molar-refractivity contribution in [1.82, 2.24) is 0 Å². The van der Waals surface area contributed by atoms with Crippen molar-refractivity contribution in [2.75, 3.05) is 6.61 Å². The van der Waals surface area contributed by atoms with Crippen LogP contribution in [-0.2, 0) is 4.79 Å². The van der Waals surface area contributed by atoms with Crippen LogP contribution in [-0.4, -0.2) is 62.6 Å². The number of alkyl halides is 1. The molecule has 0 aromatic heterocycles. The second kappa shape index (κ2) is 4.58. The summed E-state index contributed by atoms with van der Waals surface area (Å²) in [6.07, 6.45) is -7.26. The number of aliphatic hydroxyl groups excluding tert-OH is 4. The number of halogens is 1. The summed E-state index contributed by atoms with van der Waals surface area (Å²) in [5.41, 5.74) is 0. The van der Waals surface area contributed by atoms with Gasteiger partial charge in [0.1, 0.15) is 12.2 Å². The highest BCUT2D eigenvalue weighted by molar-refractivity contribution is 5.57. The van der Waals surface area contributed by atoms with E-state index in [1.807, 2.05) is 0 Å². The zero-order chi connectivity index (χ0) is 10.6. The van der Waals surface area contributed by atoms with Gasteiger partial charge in [-0.05, 0) is 0 Å². The van der Waals surface area contributed by atoms with Gasteiger partial charge in [0.25, 0.3) is 5.85 Å². The molecule has 0 aromatic rings. The number of carbonyl (C=O) groups is 1. The quantitative estimate of drug-likeness (QED) is 0.299. The third kappa shape index (κ3) is 2.68. The van der Waals surface area contributed by atoms with Crippen LogP contribution < -0.4 is 0 Å². The van der Waals surface area contributed by atoms with Crippen LogP contribution in [0.2, 0.25) is 0 Å². The smallest absolute Gasteiger partial charge is 0.268 e. The molecule has 0 aliphatic rings. The summed E-state index contributed by atoms with van der Waals surface area (Å²) >= 11 is 0. The van der Waals surface area contributed by atoms with Crippen molar-refractivity contribution < 1.29 is 34.7 Å². The van der Waals surface area contributed by atoms with E-state index >= 15 is 0 Å². The first-order valence-electron chi connectivity index (χ1n) is 3.39. The molecule has 13 heavy (non-hydrogen) atoms. The minimum atomic E-state index is -3.68. The molecule has 7 heteroatoms. The van der Waals surface area contributed by atoms with Crippen LogP contribution in [0.25, 0.3) is 0 Å². The Balaban J connectivity index is 4.51. The van der Waals surface area contributed by atoms with Crippen molar-refractivity contribution in [2.24, 2.45) is 0 Å². The number of rotatable bonds is 5. The molecule has 0 saturated heterocycles. The van der Waals surface area contributed by atoms with Gasteiger partial charge in [0.15, 0.2) is 12.4 Å². The standard InChI is InChI=1S/C6H11FO6/c7-6(13,4(11)2-9)5(12)3(10)1-8/h2-5,8,10-13H,1H2/t3-,4+,5+,6-/m1/s1. The summed E-state index contributed by atoms with van der Waals surface area (Å²) in [7, 11) is 0. The van der Waals surface area contributed by atoms with Gasteiger partial charge in [0, 0.05) is 0 Å². The van der Waals surface area contributed by atoms with Crippen molar-refractivity contribution in [3.8, 4) is 0 Å². The van der Waals surface area contributed by atoms with E-state index in [0.717, 1.165) is 0 Å². The molecule has 0 amide bonds. The molecule has 0 heterocycles. The first-order chi connectivity index (χ1) is 5.87. The van der Waals surface area contributed by atoms with Gasteiger partial charge in [-0.3, -0.25) is 0 Å². The Bertz CT molecular complexity index is 173. The lowest BCUT2D eigenvalue weighted by atomic mass is 10.0. The maximum Gasteiger partial charge on any atom is 0.268 e. The predicted molar refractivity (Wildman–Crippen MR) is 37.2 cm³/mol. The van der Waals surface area contributed by atoms with E-state index < -0.39 is 30.8 Å². The molecular formula is C6H11FO6. The van der Waals surface area contributed by atoms with Crippen LogP contribution in [0.15, 0.2) is 0 Å². The monoisotopic (exact) mass is 198 g/mol. The number of hydrogen-bond acceptors (Lipinski definition) is 6. The molecule has 0 radical (unpaired) electrons. The van der Waals surface area contributed by atoms with Gasteiger partial charge in [0.2, 0.25) is 0 Å². The van der Waals surface area contributed by atoms with Crippen LogP contribution in [0, 0.1) is 0 Å². The number of aldehydes is 1. The molecule has 78 valence electrons. The fraction of sp³-hybridized carbons (Fsp3) is 0.833. The van der Waals surface area contributed by atoms with E-state index in [0.29, 0.717) is 0 Å². The zero-order valence-electron chi connectivity index (χ0n) is 6.54. The second-order valence-corrected chi connectivity index (χ2v) is 2.50. The molecule has 4 atom stereocenters. The van der Waals surface area contributed by atoms with E-state index in [1.54, 1.807) is 0 Å². The van der Waals surface area contributed by atoms with Gasteiger partial charge in [-0.2, -0.15) is 0 Å². The Morgan fingerprint density at radius 1 is 1.38 bits per heavy atom. The molecule has 5 N–H and O–H groups in total. The molecule has 0 bridgehead atoms. The summed E-state index contributed by atoms with van der Waals surface area (Å²) in [5.74, 6) is -3.68. The topological polar surface area (TPSA) is 118 Å². The molecule has 0 spiro atoms. The van der Waals surface area contributed by atoms with Crippen LogP contribution in [0.3, 0.4) is 0 Å². The molecule has 0 aliphatic heterocycles. The largest absolute Gasteiger partial charge is 0.394 e. The summed E-state index contributed by atoms with van der Waals surface area (Å²) in [5, 5.41) is 43.0. The summed E-state index contributed by atoms with van der Waals surface area (Å²) < 4.78 is 12.9. The van der Waals surface area contributed by atoms with Gasteiger partial charge in [-0.1, -0.05) is 0 Å². The third-order valence-corrected chi connectivity index (χ3v) is 1.51. The summed E-state index contributed by atoms with van der Waals surface area (Å²) in [4.78, 5) is 9.86. The number of aliphatic hydroxyl groups is 5. The second-order valence-electron chi connectivity index (χ2n) is 2.50.